The Morgan fingerprint density at radius 1 is 0.200 bits per heavy atom. The largest absolute Gasteiger partial charge is 0.317 e. The van der Waals surface area contributed by atoms with Crippen LogP contribution in [0.2, 0.25) is 0 Å². The number of hydrogen-bond donors (Lipinski definition) is 10. The van der Waals surface area contributed by atoms with Crippen LogP contribution in [-0.2, 0) is 0 Å². The summed E-state index contributed by atoms with van der Waals surface area (Å²) in [4.78, 5) is 0. The Balaban J connectivity index is -0.000000267. The van der Waals surface area contributed by atoms with Crippen molar-refractivity contribution in [3.63, 3.8) is 0 Å². The average molecular weight is 1080 g/mol. The normalized spacial score (nSPS) is 9.83. The van der Waals surface area contributed by atoms with Crippen molar-refractivity contribution in [1.82, 2.24) is 53.2 Å². The van der Waals surface area contributed by atoms with E-state index >= 15 is 0 Å². The van der Waals surface area contributed by atoms with E-state index in [2.05, 4.69) is 79.2 Å². The molecule has 10 N–H and O–H groups in total. The van der Waals surface area contributed by atoms with Crippen molar-refractivity contribution < 1.29 is 0 Å². The molecule has 0 fully saturated rings. The maximum absolute atomic E-state index is 3.61. The molecule has 10 nitrogen and oxygen atoms in total. The predicted octanol–water partition coefficient (Wildman–Crippen LogP) is 7.94. The number of unbranched alkanes of at least 4 members (excludes halogenated alkanes) is 8. The Morgan fingerprint density at radius 2 is 0.333 bits per heavy atom. The second-order valence-electron chi connectivity index (χ2n) is 13.7. The molecular formula is C40H100Cl10N10. The summed E-state index contributed by atoms with van der Waals surface area (Å²) in [5.41, 5.74) is 0. The predicted molar refractivity (Wildman–Crippen MR) is 296 cm³/mol. The molecule has 0 aromatic rings. The maximum atomic E-state index is 3.61. The summed E-state index contributed by atoms with van der Waals surface area (Å²) in [5, 5.41) is 35.4. The van der Waals surface area contributed by atoms with Crippen LogP contribution < -0.4 is 53.2 Å². The molecule has 60 heavy (non-hydrogen) atoms. The monoisotopic (exact) mass is 1070 g/mol. The Labute approximate surface area is 433 Å². The van der Waals surface area contributed by atoms with E-state index < -0.39 is 0 Å². The first-order valence-corrected chi connectivity index (χ1v) is 21.6. The van der Waals surface area contributed by atoms with Crippen molar-refractivity contribution in [2.24, 2.45) is 0 Å². The summed E-state index contributed by atoms with van der Waals surface area (Å²) in [5.74, 6) is 0. The van der Waals surface area contributed by atoms with Gasteiger partial charge in [-0.15, -0.1) is 124 Å². The van der Waals surface area contributed by atoms with Crippen LogP contribution in [0, 0.1) is 0 Å². The van der Waals surface area contributed by atoms with Crippen molar-refractivity contribution >= 4 is 124 Å². The fourth-order valence-electron chi connectivity index (χ4n) is 5.64. The van der Waals surface area contributed by atoms with Gasteiger partial charge in [0.1, 0.15) is 0 Å². The van der Waals surface area contributed by atoms with Crippen LogP contribution in [0.3, 0.4) is 0 Å². The zero-order valence-electron chi connectivity index (χ0n) is 37.7. The van der Waals surface area contributed by atoms with Gasteiger partial charge in [0, 0.05) is 13.1 Å². The molecule has 0 aromatic heterocycles. The minimum absolute atomic E-state index is 0. The third kappa shape index (κ3) is 87.2. The van der Waals surface area contributed by atoms with Gasteiger partial charge in [-0.2, -0.15) is 0 Å². The van der Waals surface area contributed by atoms with E-state index in [0.29, 0.717) is 0 Å². The smallest absolute Gasteiger partial charge is 0.0135 e. The zero-order chi connectivity index (χ0) is 35.9. The highest BCUT2D eigenvalue weighted by Gasteiger charge is 1.95. The molecule has 20 heteroatoms. The molecule has 0 aliphatic rings. The van der Waals surface area contributed by atoms with Crippen LogP contribution in [0.5, 0.6) is 0 Å². The van der Waals surface area contributed by atoms with E-state index in [-0.39, 0.29) is 124 Å². The Hall–Kier alpha value is 2.24. The minimum Gasteiger partial charge on any atom is -0.317 e. The van der Waals surface area contributed by atoms with Gasteiger partial charge in [0.15, 0.2) is 0 Å². The maximum Gasteiger partial charge on any atom is 0.0135 e. The third-order valence-corrected chi connectivity index (χ3v) is 8.85. The Bertz CT molecular complexity index is 600. The van der Waals surface area contributed by atoms with Crippen molar-refractivity contribution in [3.05, 3.63) is 12.2 Å². The highest BCUT2D eigenvalue weighted by atomic mass is 35.5. The molecule has 0 amide bonds. The van der Waals surface area contributed by atoms with Crippen LogP contribution in [0.15, 0.2) is 12.2 Å². The molecule has 0 aliphatic heterocycles. The summed E-state index contributed by atoms with van der Waals surface area (Å²) in [6, 6.07) is 0. The standard InChI is InChI=1S/C40H90N10.10ClH/c1-3-41-23-5-7-25-43-27-9-11-29-45-31-13-15-33-47-35-17-19-37-49-39-21-22-40-50-38-20-18-36-48-34-16-14-32-46-30-12-10-28-44-26-8-6-24-42-4-2;;;;;;;;;;/h21-22,41-50H,3-20,23-40H2,1-2H3;10*1H/b22-21+;;;;;;;;;;. The Kier molecular flexibility index (Phi) is 130. The van der Waals surface area contributed by atoms with E-state index in [4.69, 9.17) is 0 Å². The molecule has 0 spiro atoms. The molecule has 0 saturated carbocycles. The lowest BCUT2D eigenvalue weighted by Gasteiger charge is -2.07. The highest BCUT2D eigenvalue weighted by molar-refractivity contribution is 5.86. The third-order valence-electron chi connectivity index (χ3n) is 8.85. The van der Waals surface area contributed by atoms with E-state index in [0.717, 1.165) is 131 Å². The molecule has 0 unspecified atom stereocenters. The van der Waals surface area contributed by atoms with Crippen LogP contribution >= 0.6 is 124 Å². The fraction of sp³-hybridized carbons (Fsp3) is 0.950. The van der Waals surface area contributed by atoms with Gasteiger partial charge in [0.25, 0.3) is 0 Å². The molecule has 0 aromatic carbocycles. The SMILES string of the molecule is CCNCCCCNCCCCNCCCCNCCCCNC/C=C/CNCCCCNCCCCNCCCCNCCCCNCC.Cl.Cl.Cl.Cl.Cl.Cl.Cl.Cl.Cl.Cl. The van der Waals surface area contributed by atoms with E-state index in [1.165, 1.54) is 103 Å². The van der Waals surface area contributed by atoms with Crippen molar-refractivity contribution in [2.75, 3.05) is 131 Å². The number of halogens is 10. The van der Waals surface area contributed by atoms with Gasteiger partial charge in [-0.3, -0.25) is 0 Å². The lowest BCUT2D eigenvalue weighted by molar-refractivity contribution is 0.538. The van der Waals surface area contributed by atoms with Crippen LogP contribution in [0.25, 0.3) is 0 Å². The van der Waals surface area contributed by atoms with Crippen LogP contribution in [0.1, 0.15) is 117 Å². The first kappa shape index (κ1) is 88.9. The van der Waals surface area contributed by atoms with Gasteiger partial charge in [-0.25, -0.2) is 0 Å². The number of rotatable bonds is 46. The van der Waals surface area contributed by atoms with Gasteiger partial charge in [-0.05, 0) is 221 Å². The van der Waals surface area contributed by atoms with E-state index in [1.54, 1.807) is 0 Å². The summed E-state index contributed by atoms with van der Waals surface area (Å²) < 4.78 is 0. The average Bonchev–Trinajstić information content (AvgIpc) is 3.13. The number of nitrogens with one attached hydrogen (secondary N) is 10. The van der Waals surface area contributed by atoms with Crippen molar-refractivity contribution in [2.45, 2.75) is 117 Å². The molecule has 0 bridgehead atoms. The molecule has 0 heterocycles. The lowest BCUT2D eigenvalue weighted by atomic mass is 10.2. The summed E-state index contributed by atoms with van der Waals surface area (Å²) in [7, 11) is 0. The summed E-state index contributed by atoms with van der Waals surface area (Å²) >= 11 is 0. The van der Waals surface area contributed by atoms with Gasteiger partial charge in [0.2, 0.25) is 0 Å². The minimum atomic E-state index is 0. The first-order chi connectivity index (χ1) is 24.9. The lowest BCUT2D eigenvalue weighted by Crippen LogP contribution is -2.23. The van der Waals surface area contributed by atoms with Gasteiger partial charge in [0.05, 0.1) is 0 Å². The highest BCUT2D eigenvalue weighted by Crippen LogP contribution is 1.92. The fourth-order valence-corrected chi connectivity index (χ4v) is 5.64. The molecule has 380 valence electrons. The quantitative estimate of drug-likeness (QED) is 0.0218. The second kappa shape index (κ2) is 88.0. The van der Waals surface area contributed by atoms with Crippen LogP contribution in [-0.4, -0.2) is 131 Å². The molecule has 0 aliphatic carbocycles. The molecule has 0 atom stereocenters. The molecule has 0 radical (unpaired) electrons. The summed E-state index contributed by atoms with van der Waals surface area (Å²) in [6.45, 7) is 26.8. The van der Waals surface area contributed by atoms with Gasteiger partial charge < -0.3 is 53.2 Å². The van der Waals surface area contributed by atoms with E-state index in [9.17, 15) is 0 Å². The van der Waals surface area contributed by atoms with E-state index in [1.807, 2.05) is 0 Å². The number of hydrogen-bond acceptors (Lipinski definition) is 10. The van der Waals surface area contributed by atoms with Gasteiger partial charge >= 0.3 is 0 Å². The topological polar surface area (TPSA) is 120 Å². The molecular weight excluding hydrogens is 975 g/mol. The molecule has 0 rings (SSSR count). The van der Waals surface area contributed by atoms with Crippen LogP contribution in [0.4, 0.5) is 0 Å². The summed E-state index contributed by atoms with van der Waals surface area (Å²) in [6.07, 6.45) is 24.8. The van der Waals surface area contributed by atoms with Crippen molar-refractivity contribution in [1.29, 1.82) is 0 Å². The molecule has 0 saturated heterocycles. The second-order valence-corrected chi connectivity index (χ2v) is 13.7. The van der Waals surface area contributed by atoms with Gasteiger partial charge in [-0.1, -0.05) is 26.0 Å². The zero-order valence-corrected chi connectivity index (χ0v) is 45.9. The Morgan fingerprint density at radius 3 is 0.483 bits per heavy atom. The first-order valence-electron chi connectivity index (χ1n) is 21.6. The van der Waals surface area contributed by atoms with Crippen molar-refractivity contribution in [3.8, 4) is 0 Å².